The lowest BCUT2D eigenvalue weighted by Crippen LogP contribution is -2.01. The van der Waals surface area contributed by atoms with Crippen molar-refractivity contribution in [1.82, 2.24) is 0 Å². The number of phenols is 1. The van der Waals surface area contributed by atoms with Gasteiger partial charge in [0.2, 0.25) is 0 Å². The van der Waals surface area contributed by atoms with Gasteiger partial charge in [0.15, 0.2) is 5.78 Å². The van der Waals surface area contributed by atoms with Crippen molar-refractivity contribution in [2.45, 2.75) is 39.0 Å². The van der Waals surface area contributed by atoms with Crippen molar-refractivity contribution in [2.24, 2.45) is 0 Å². The first kappa shape index (κ1) is 22.0. The predicted octanol–water partition coefficient (Wildman–Crippen LogP) is 9.04. The molecule has 0 saturated carbocycles. The number of Topliss-reactive ketones (excluding diaryl/α,β-unsaturated/α-hetero) is 1. The molecule has 2 nitrogen and oxygen atoms in total. The van der Waals surface area contributed by atoms with Gasteiger partial charge in [-0.3, -0.25) is 4.79 Å². The Morgan fingerprint density at radius 3 is 2.29 bits per heavy atom. The van der Waals surface area contributed by atoms with Crippen LogP contribution in [0.2, 0.25) is 0 Å². The first-order valence-corrected chi connectivity index (χ1v) is 12.2. The Morgan fingerprint density at radius 2 is 1.55 bits per heavy atom. The lowest BCUT2D eigenvalue weighted by Gasteiger charge is -2.16. The van der Waals surface area contributed by atoms with Crippen molar-refractivity contribution in [3.63, 3.8) is 0 Å². The molecule has 0 amide bonds. The molecule has 158 valence electrons. The maximum Gasteiger partial charge on any atom is 0.166 e. The SMILES string of the molecule is CCCCCCC(=O)c1cc2cc(Br)ccc2c(-c2cccc3cc(Br)ccc23)c1O. The van der Waals surface area contributed by atoms with Gasteiger partial charge in [-0.25, -0.2) is 0 Å². The van der Waals surface area contributed by atoms with Crippen LogP contribution in [0, 0.1) is 0 Å². The van der Waals surface area contributed by atoms with Crippen molar-refractivity contribution in [3.05, 3.63) is 75.2 Å². The van der Waals surface area contributed by atoms with Gasteiger partial charge in [-0.15, -0.1) is 0 Å². The lowest BCUT2D eigenvalue weighted by molar-refractivity contribution is 0.0977. The number of carbonyl (C=O) groups is 1. The van der Waals surface area contributed by atoms with Crippen LogP contribution in [0.1, 0.15) is 49.4 Å². The number of aromatic hydroxyl groups is 1. The highest BCUT2D eigenvalue weighted by molar-refractivity contribution is 9.10. The molecule has 4 heteroatoms. The molecule has 0 aliphatic heterocycles. The molecular formula is C27H24Br2O2. The van der Waals surface area contributed by atoms with E-state index in [-0.39, 0.29) is 11.5 Å². The molecule has 0 radical (unpaired) electrons. The fraction of sp³-hybridized carbons (Fsp3) is 0.222. The number of benzene rings is 4. The van der Waals surface area contributed by atoms with Gasteiger partial charge in [-0.2, -0.15) is 0 Å². The molecule has 0 aromatic heterocycles. The summed E-state index contributed by atoms with van der Waals surface area (Å²) in [6, 6.07) is 20.0. The number of phenolic OH excluding ortho intramolecular Hbond substituents is 1. The molecule has 1 N–H and O–H groups in total. The number of ketones is 1. The second-order valence-electron chi connectivity index (χ2n) is 7.92. The first-order chi connectivity index (χ1) is 15.0. The normalized spacial score (nSPS) is 11.3. The topological polar surface area (TPSA) is 37.3 Å². The van der Waals surface area contributed by atoms with E-state index in [2.05, 4.69) is 57.0 Å². The van der Waals surface area contributed by atoms with Gasteiger partial charge in [-0.05, 0) is 63.9 Å². The zero-order valence-corrected chi connectivity index (χ0v) is 20.6. The highest BCUT2D eigenvalue weighted by Crippen LogP contribution is 2.43. The van der Waals surface area contributed by atoms with Crippen molar-refractivity contribution in [1.29, 1.82) is 0 Å². The van der Waals surface area contributed by atoms with Crippen molar-refractivity contribution < 1.29 is 9.90 Å². The minimum absolute atomic E-state index is 0.000269. The van der Waals surface area contributed by atoms with E-state index in [4.69, 9.17) is 0 Å². The lowest BCUT2D eigenvalue weighted by atomic mass is 9.89. The van der Waals surface area contributed by atoms with E-state index < -0.39 is 0 Å². The van der Waals surface area contributed by atoms with Gasteiger partial charge in [0.1, 0.15) is 5.75 Å². The molecule has 0 aliphatic rings. The minimum Gasteiger partial charge on any atom is -0.507 e. The highest BCUT2D eigenvalue weighted by Gasteiger charge is 2.20. The van der Waals surface area contributed by atoms with E-state index in [1.807, 2.05) is 42.5 Å². The quantitative estimate of drug-likeness (QED) is 0.188. The molecular weight excluding hydrogens is 516 g/mol. The number of rotatable bonds is 7. The van der Waals surface area contributed by atoms with Crippen molar-refractivity contribution in [2.75, 3.05) is 0 Å². The Bertz CT molecular complexity index is 1280. The number of hydrogen-bond donors (Lipinski definition) is 1. The molecule has 4 rings (SSSR count). The Hall–Kier alpha value is -2.17. The van der Waals surface area contributed by atoms with Gasteiger partial charge >= 0.3 is 0 Å². The first-order valence-electron chi connectivity index (χ1n) is 10.7. The molecule has 0 unspecified atom stereocenters. The minimum atomic E-state index is -0.000269. The summed E-state index contributed by atoms with van der Waals surface area (Å²) in [5.41, 5.74) is 2.05. The smallest absolute Gasteiger partial charge is 0.166 e. The van der Waals surface area contributed by atoms with E-state index in [9.17, 15) is 9.90 Å². The maximum absolute atomic E-state index is 13.1. The van der Waals surface area contributed by atoms with Crippen LogP contribution in [0.5, 0.6) is 5.75 Å². The molecule has 0 bridgehead atoms. The van der Waals surface area contributed by atoms with Crippen LogP contribution >= 0.6 is 31.9 Å². The van der Waals surface area contributed by atoms with Gasteiger partial charge in [-0.1, -0.05) is 88.4 Å². The second kappa shape index (κ2) is 9.54. The fourth-order valence-electron chi connectivity index (χ4n) is 4.17. The highest BCUT2D eigenvalue weighted by atomic mass is 79.9. The van der Waals surface area contributed by atoms with E-state index >= 15 is 0 Å². The molecule has 31 heavy (non-hydrogen) atoms. The Balaban J connectivity index is 1.92. The summed E-state index contributed by atoms with van der Waals surface area (Å²) in [6.07, 6.45) is 4.59. The molecule has 0 aliphatic carbocycles. The van der Waals surface area contributed by atoms with Gasteiger partial charge in [0.25, 0.3) is 0 Å². The third kappa shape index (κ3) is 4.56. The summed E-state index contributed by atoms with van der Waals surface area (Å²) < 4.78 is 1.95. The third-order valence-electron chi connectivity index (χ3n) is 5.74. The van der Waals surface area contributed by atoms with E-state index in [0.717, 1.165) is 67.3 Å². The Labute approximate surface area is 199 Å². The summed E-state index contributed by atoms with van der Waals surface area (Å²) in [5, 5.41) is 15.3. The largest absolute Gasteiger partial charge is 0.507 e. The standard InChI is InChI=1S/C27H24Br2O2/c1-2-3-4-5-9-25(30)24-16-18-15-20(29)11-13-22(18)26(27(24)31)23-8-6-7-17-14-19(28)10-12-21(17)23/h6-8,10-16,31H,2-5,9H2,1H3. The van der Waals surface area contributed by atoms with Crippen LogP contribution in [0.3, 0.4) is 0 Å². The number of hydrogen-bond acceptors (Lipinski definition) is 2. The Kier molecular flexibility index (Phi) is 6.78. The zero-order valence-electron chi connectivity index (χ0n) is 17.4. The van der Waals surface area contributed by atoms with E-state index in [0.29, 0.717) is 12.0 Å². The van der Waals surface area contributed by atoms with Crippen molar-refractivity contribution >= 4 is 59.2 Å². The second-order valence-corrected chi connectivity index (χ2v) is 9.75. The zero-order chi connectivity index (χ0) is 22.0. The number of carbonyl (C=O) groups excluding carboxylic acids is 1. The van der Waals surface area contributed by atoms with Gasteiger partial charge in [0.05, 0.1) is 5.56 Å². The number of unbranched alkanes of at least 4 members (excludes halogenated alkanes) is 3. The molecule has 0 atom stereocenters. The summed E-state index contributed by atoms with van der Waals surface area (Å²) >= 11 is 7.09. The van der Waals surface area contributed by atoms with Crippen molar-refractivity contribution in [3.8, 4) is 16.9 Å². The average molecular weight is 540 g/mol. The fourth-order valence-corrected chi connectivity index (χ4v) is 4.93. The predicted molar refractivity (Wildman–Crippen MR) is 137 cm³/mol. The van der Waals surface area contributed by atoms with Crippen LogP contribution in [-0.2, 0) is 0 Å². The summed E-state index contributed by atoms with van der Waals surface area (Å²) in [5.74, 6) is 0.0745. The van der Waals surface area contributed by atoms with Gasteiger partial charge < -0.3 is 5.11 Å². The molecule has 4 aromatic rings. The third-order valence-corrected chi connectivity index (χ3v) is 6.73. The van der Waals surface area contributed by atoms with Crippen LogP contribution in [-0.4, -0.2) is 10.9 Å². The van der Waals surface area contributed by atoms with Crippen LogP contribution < -0.4 is 0 Å². The molecule has 4 aromatic carbocycles. The average Bonchev–Trinajstić information content (AvgIpc) is 2.76. The van der Waals surface area contributed by atoms with Crippen LogP contribution in [0.15, 0.2) is 69.6 Å². The summed E-state index contributed by atoms with van der Waals surface area (Å²) in [6.45, 7) is 2.16. The summed E-state index contributed by atoms with van der Waals surface area (Å²) in [7, 11) is 0. The number of halogens is 2. The van der Waals surface area contributed by atoms with Gasteiger partial charge in [0, 0.05) is 20.9 Å². The molecule has 0 saturated heterocycles. The maximum atomic E-state index is 13.1. The molecule has 0 heterocycles. The monoisotopic (exact) mass is 538 g/mol. The van der Waals surface area contributed by atoms with Crippen LogP contribution in [0.25, 0.3) is 32.7 Å². The molecule has 0 fully saturated rings. The molecule has 0 spiro atoms. The number of fused-ring (bicyclic) bond motifs is 2. The Morgan fingerprint density at radius 1 is 0.839 bits per heavy atom. The summed E-state index contributed by atoms with van der Waals surface area (Å²) in [4.78, 5) is 13.1. The van der Waals surface area contributed by atoms with E-state index in [1.54, 1.807) is 0 Å². The van der Waals surface area contributed by atoms with E-state index in [1.165, 1.54) is 0 Å². The van der Waals surface area contributed by atoms with Crippen LogP contribution in [0.4, 0.5) is 0 Å².